The van der Waals surface area contributed by atoms with Crippen LogP contribution in [0.2, 0.25) is 0 Å². The fourth-order valence-electron chi connectivity index (χ4n) is 1.64. The number of carbonyl (C=O) groups is 2. The van der Waals surface area contributed by atoms with Gasteiger partial charge in [-0.1, -0.05) is 25.1 Å². The first-order valence-electron chi connectivity index (χ1n) is 6.22. The summed E-state index contributed by atoms with van der Waals surface area (Å²) in [6.45, 7) is 3.86. The lowest BCUT2D eigenvalue weighted by molar-refractivity contribution is -0.137. The molecular formula is C14H19NO3S. The average Bonchev–Trinajstić information content (AvgIpc) is 2.36. The number of amides is 1. The number of rotatable bonds is 7. The standard InChI is InChI=1S/C14H19NO3S/c1-3-11(8-14(17)18)15-13(16)9-19-12-7-5-4-6-10(12)2/h4-7,11H,3,8-9H2,1-2H3,(H,15,16)(H,17,18). The molecule has 19 heavy (non-hydrogen) atoms. The van der Waals surface area contributed by atoms with Gasteiger partial charge in [0.2, 0.25) is 5.91 Å². The Hall–Kier alpha value is -1.49. The molecular weight excluding hydrogens is 262 g/mol. The first-order valence-corrected chi connectivity index (χ1v) is 7.21. The van der Waals surface area contributed by atoms with Crippen LogP contribution in [0.25, 0.3) is 0 Å². The Labute approximate surface area is 117 Å². The Morgan fingerprint density at radius 2 is 2.05 bits per heavy atom. The average molecular weight is 281 g/mol. The fraction of sp³-hybridized carbons (Fsp3) is 0.429. The van der Waals surface area contributed by atoms with Crippen molar-refractivity contribution in [3.8, 4) is 0 Å². The van der Waals surface area contributed by atoms with E-state index in [1.807, 2.05) is 38.1 Å². The number of aryl methyl sites for hydroxylation is 1. The van der Waals surface area contributed by atoms with Gasteiger partial charge >= 0.3 is 5.97 Å². The molecule has 5 heteroatoms. The van der Waals surface area contributed by atoms with Crippen LogP contribution in [0.3, 0.4) is 0 Å². The quantitative estimate of drug-likeness (QED) is 0.753. The minimum absolute atomic E-state index is 0.0305. The van der Waals surface area contributed by atoms with Crippen LogP contribution in [-0.2, 0) is 9.59 Å². The second-order valence-corrected chi connectivity index (χ2v) is 5.34. The van der Waals surface area contributed by atoms with Crippen LogP contribution in [0.15, 0.2) is 29.2 Å². The van der Waals surface area contributed by atoms with Crippen molar-refractivity contribution >= 4 is 23.6 Å². The van der Waals surface area contributed by atoms with Gasteiger partial charge < -0.3 is 10.4 Å². The molecule has 0 fully saturated rings. The van der Waals surface area contributed by atoms with Crippen molar-refractivity contribution in [1.82, 2.24) is 5.32 Å². The van der Waals surface area contributed by atoms with Crippen LogP contribution in [0, 0.1) is 6.92 Å². The monoisotopic (exact) mass is 281 g/mol. The Morgan fingerprint density at radius 3 is 2.63 bits per heavy atom. The van der Waals surface area contributed by atoms with Crippen molar-refractivity contribution in [3.05, 3.63) is 29.8 Å². The second kappa shape index (κ2) is 7.84. The van der Waals surface area contributed by atoms with E-state index in [1.54, 1.807) is 0 Å². The lowest BCUT2D eigenvalue weighted by Crippen LogP contribution is -2.37. The first-order chi connectivity index (χ1) is 9.02. The third-order valence-electron chi connectivity index (χ3n) is 2.73. The van der Waals surface area contributed by atoms with E-state index in [0.29, 0.717) is 12.2 Å². The highest BCUT2D eigenvalue weighted by Crippen LogP contribution is 2.21. The number of carboxylic acid groups (broad SMARTS) is 1. The number of thioether (sulfide) groups is 1. The smallest absolute Gasteiger partial charge is 0.305 e. The summed E-state index contributed by atoms with van der Waals surface area (Å²) in [7, 11) is 0. The molecule has 2 N–H and O–H groups in total. The topological polar surface area (TPSA) is 66.4 Å². The molecule has 0 spiro atoms. The third-order valence-corrected chi connectivity index (χ3v) is 3.91. The summed E-state index contributed by atoms with van der Waals surface area (Å²) in [6.07, 6.45) is 0.588. The van der Waals surface area contributed by atoms with Crippen LogP contribution in [-0.4, -0.2) is 28.8 Å². The van der Waals surface area contributed by atoms with E-state index in [2.05, 4.69) is 5.32 Å². The van der Waals surface area contributed by atoms with Crippen LogP contribution in [0.4, 0.5) is 0 Å². The van der Waals surface area contributed by atoms with Crippen molar-refractivity contribution in [3.63, 3.8) is 0 Å². The van der Waals surface area contributed by atoms with E-state index in [1.165, 1.54) is 11.8 Å². The summed E-state index contributed by atoms with van der Waals surface area (Å²) in [4.78, 5) is 23.4. The van der Waals surface area contributed by atoms with Crippen molar-refractivity contribution in [2.45, 2.75) is 37.6 Å². The Balaban J connectivity index is 2.43. The molecule has 1 rings (SSSR count). The molecule has 1 amide bonds. The lowest BCUT2D eigenvalue weighted by atomic mass is 10.1. The van der Waals surface area contributed by atoms with Gasteiger partial charge in [0.1, 0.15) is 0 Å². The number of hydrogen-bond acceptors (Lipinski definition) is 3. The van der Waals surface area contributed by atoms with Gasteiger partial charge in [0.25, 0.3) is 0 Å². The van der Waals surface area contributed by atoms with Crippen molar-refractivity contribution in [2.24, 2.45) is 0 Å². The van der Waals surface area contributed by atoms with Gasteiger partial charge in [-0.25, -0.2) is 0 Å². The van der Waals surface area contributed by atoms with Crippen LogP contribution in [0.1, 0.15) is 25.3 Å². The van der Waals surface area contributed by atoms with Crippen LogP contribution in [0.5, 0.6) is 0 Å². The van der Waals surface area contributed by atoms with E-state index in [0.717, 1.165) is 10.5 Å². The van der Waals surface area contributed by atoms with Crippen molar-refractivity contribution in [1.29, 1.82) is 0 Å². The molecule has 1 atom stereocenters. The zero-order valence-corrected chi connectivity index (χ0v) is 12.0. The van der Waals surface area contributed by atoms with Gasteiger partial charge in [-0.3, -0.25) is 9.59 Å². The minimum Gasteiger partial charge on any atom is -0.481 e. The molecule has 0 aliphatic rings. The number of carbonyl (C=O) groups excluding carboxylic acids is 1. The normalized spacial score (nSPS) is 11.9. The molecule has 0 aliphatic heterocycles. The zero-order chi connectivity index (χ0) is 14.3. The van der Waals surface area contributed by atoms with Gasteiger partial charge in [-0.15, -0.1) is 11.8 Å². The van der Waals surface area contributed by atoms with Gasteiger partial charge in [-0.2, -0.15) is 0 Å². The zero-order valence-electron chi connectivity index (χ0n) is 11.2. The molecule has 0 heterocycles. The number of hydrogen-bond donors (Lipinski definition) is 2. The van der Waals surface area contributed by atoms with E-state index in [4.69, 9.17) is 5.11 Å². The Morgan fingerprint density at radius 1 is 1.37 bits per heavy atom. The van der Waals surface area contributed by atoms with Crippen molar-refractivity contribution in [2.75, 3.05) is 5.75 Å². The van der Waals surface area contributed by atoms with Gasteiger partial charge in [0.05, 0.1) is 12.2 Å². The Bertz CT molecular complexity index is 448. The summed E-state index contributed by atoms with van der Waals surface area (Å²) in [6, 6.07) is 7.58. The molecule has 0 radical (unpaired) electrons. The molecule has 104 valence electrons. The Kier molecular flexibility index (Phi) is 6.42. The molecule has 0 saturated heterocycles. The maximum absolute atomic E-state index is 11.8. The predicted molar refractivity (Wildman–Crippen MR) is 76.4 cm³/mol. The first kappa shape index (κ1) is 15.6. The second-order valence-electron chi connectivity index (χ2n) is 4.32. The van der Waals surface area contributed by atoms with E-state index in [9.17, 15) is 9.59 Å². The maximum Gasteiger partial charge on any atom is 0.305 e. The number of benzene rings is 1. The highest BCUT2D eigenvalue weighted by Gasteiger charge is 2.14. The molecule has 1 unspecified atom stereocenters. The number of nitrogens with one attached hydrogen (secondary N) is 1. The summed E-state index contributed by atoms with van der Waals surface area (Å²) in [5.74, 6) is -0.707. The minimum atomic E-state index is -0.890. The van der Waals surface area contributed by atoms with Crippen molar-refractivity contribution < 1.29 is 14.7 Å². The largest absolute Gasteiger partial charge is 0.481 e. The van der Waals surface area contributed by atoms with Crippen LogP contribution < -0.4 is 5.32 Å². The van der Waals surface area contributed by atoms with Crippen LogP contribution >= 0.6 is 11.8 Å². The van der Waals surface area contributed by atoms with E-state index < -0.39 is 5.97 Å². The maximum atomic E-state index is 11.8. The summed E-state index contributed by atoms with van der Waals surface area (Å²) in [5, 5.41) is 11.5. The highest BCUT2D eigenvalue weighted by molar-refractivity contribution is 8.00. The SMILES string of the molecule is CCC(CC(=O)O)NC(=O)CSc1ccccc1C. The van der Waals surface area contributed by atoms with E-state index in [-0.39, 0.29) is 18.4 Å². The van der Waals surface area contributed by atoms with Gasteiger partial charge in [0, 0.05) is 10.9 Å². The summed E-state index contributed by atoms with van der Waals surface area (Å²) >= 11 is 1.47. The van der Waals surface area contributed by atoms with E-state index >= 15 is 0 Å². The lowest BCUT2D eigenvalue weighted by Gasteiger charge is -2.14. The molecule has 0 aliphatic carbocycles. The highest BCUT2D eigenvalue weighted by atomic mass is 32.2. The molecule has 0 saturated carbocycles. The third kappa shape index (κ3) is 5.79. The predicted octanol–water partition coefficient (Wildman–Crippen LogP) is 2.46. The molecule has 1 aromatic rings. The van der Waals surface area contributed by atoms with Gasteiger partial charge in [0.15, 0.2) is 0 Å². The summed E-state index contributed by atoms with van der Waals surface area (Å²) in [5.41, 5.74) is 1.14. The number of aliphatic carboxylic acids is 1. The van der Waals surface area contributed by atoms with Gasteiger partial charge in [-0.05, 0) is 25.0 Å². The molecule has 4 nitrogen and oxygen atoms in total. The summed E-state index contributed by atoms with van der Waals surface area (Å²) < 4.78 is 0. The molecule has 1 aromatic carbocycles. The fourth-order valence-corrected chi connectivity index (χ4v) is 2.48. The molecule has 0 bridgehead atoms. The number of carboxylic acids is 1. The molecule has 0 aromatic heterocycles.